The van der Waals surface area contributed by atoms with Gasteiger partial charge in [-0.05, 0) is 37.1 Å². The quantitative estimate of drug-likeness (QED) is 0.894. The Morgan fingerprint density at radius 2 is 2.04 bits per heavy atom. The van der Waals surface area contributed by atoms with Crippen LogP contribution < -0.4 is 5.32 Å². The van der Waals surface area contributed by atoms with E-state index < -0.39 is 11.5 Å². The highest BCUT2D eigenvalue weighted by molar-refractivity contribution is 6.31. The number of amides is 1. The fraction of sp³-hybridized carbons (Fsp3) is 0.294. The zero-order chi connectivity index (χ0) is 17.6. The molecule has 0 spiro atoms. The van der Waals surface area contributed by atoms with Crippen molar-refractivity contribution in [2.45, 2.75) is 26.3 Å². The van der Waals surface area contributed by atoms with Crippen molar-refractivity contribution in [2.75, 3.05) is 0 Å². The minimum absolute atomic E-state index is 0.0307. The lowest BCUT2D eigenvalue weighted by Gasteiger charge is -2.21. The average Bonchev–Trinajstić information content (AvgIpc) is 2.82. The second-order valence-corrected chi connectivity index (χ2v) is 6.68. The van der Waals surface area contributed by atoms with Gasteiger partial charge in [-0.2, -0.15) is 0 Å². The van der Waals surface area contributed by atoms with E-state index in [4.69, 9.17) is 11.6 Å². The van der Waals surface area contributed by atoms with Gasteiger partial charge < -0.3 is 10.4 Å². The van der Waals surface area contributed by atoms with Crippen molar-refractivity contribution in [2.24, 2.45) is 10.9 Å². The van der Waals surface area contributed by atoms with Gasteiger partial charge in [-0.25, -0.2) is 14.8 Å². The molecule has 7 heteroatoms. The van der Waals surface area contributed by atoms with Gasteiger partial charge in [-0.15, -0.1) is 0 Å². The highest BCUT2D eigenvalue weighted by Crippen LogP contribution is 2.28. The number of fused-ring (bicyclic) bond motifs is 1. The first-order valence-corrected chi connectivity index (χ1v) is 7.85. The summed E-state index contributed by atoms with van der Waals surface area (Å²) >= 11 is 5.95. The van der Waals surface area contributed by atoms with Crippen molar-refractivity contribution >= 4 is 40.2 Å². The Morgan fingerprint density at radius 1 is 1.33 bits per heavy atom. The molecule has 1 amide bonds. The van der Waals surface area contributed by atoms with Crippen molar-refractivity contribution in [1.29, 1.82) is 0 Å². The van der Waals surface area contributed by atoms with Crippen LogP contribution in [0.4, 0.5) is 0 Å². The van der Waals surface area contributed by atoms with Gasteiger partial charge in [0.15, 0.2) is 5.84 Å². The number of pyridine rings is 1. The molecule has 1 aliphatic heterocycles. The maximum atomic E-state index is 12.3. The first kappa shape index (κ1) is 16.4. The van der Waals surface area contributed by atoms with Gasteiger partial charge >= 0.3 is 5.97 Å². The molecule has 0 saturated carbocycles. The Hall–Kier alpha value is -2.47. The maximum Gasteiger partial charge on any atom is 0.338 e. The highest BCUT2D eigenvalue weighted by atomic mass is 35.5. The van der Waals surface area contributed by atoms with Crippen molar-refractivity contribution in [3.8, 4) is 0 Å². The summed E-state index contributed by atoms with van der Waals surface area (Å²) < 4.78 is 0. The van der Waals surface area contributed by atoms with E-state index in [-0.39, 0.29) is 28.9 Å². The Bertz CT molecular complexity index is 907. The molecule has 1 aliphatic rings. The number of aromatic nitrogens is 1. The van der Waals surface area contributed by atoms with E-state index in [1.54, 1.807) is 25.1 Å². The molecule has 124 valence electrons. The molecule has 1 aromatic heterocycles. The number of nitrogens with zero attached hydrogens (tertiary/aromatic N) is 2. The molecule has 2 aromatic rings. The summed E-state index contributed by atoms with van der Waals surface area (Å²) in [5, 5.41) is 13.3. The lowest BCUT2D eigenvalue weighted by atomic mass is 9.89. The van der Waals surface area contributed by atoms with Crippen molar-refractivity contribution in [1.82, 2.24) is 10.3 Å². The number of benzene rings is 1. The topological polar surface area (TPSA) is 91.7 Å². The summed E-state index contributed by atoms with van der Waals surface area (Å²) in [6.45, 7) is 5.50. The largest absolute Gasteiger partial charge is 0.478 e. The second kappa shape index (κ2) is 5.56. The number of carboxylic acid groups (broad SMARTS) is 1. The average molecular weight is 346 g/mol. The second-order valence-electron chi connectivity index (χ2n) is 6.24. The van der Waals surface area contributed by atoms with E-state index >= 15 is 0 Å². The lowest BCUT2D eigenvalue weighted by molar-refractivity contribution is -0.124. The zero-order valence-electron chi connectivity index (χ0n) is 13.4. The molecular formula is C17H16ClN3O3. The normalized spacial score (nSPS) is 20.4. The summed E-state index contributed by atoms with van der Waals surface area (Å²) in [4.78, 5) is 32.8. The van der Waals surface area contributed by atoms with Gasteiger partial charge in [-0.1, -0.05) is 25.4 Å². The predicted molar refractivity (Wildman–Crippen MR) is 91.6 cm³/mol. The number of carboxylic acids is 1. The number of hydrogen-bond acceptors (Lipinski definition) is 4. The molecule has 0 radical (unpaired) electrons. The first-order chi connectivity index (χ1) is 11.2. The Kier molecular flexibility index (Phi) is 3.80. The van der Waals surface area contributed by atoms with Crippen LogP contribution in [-0.4, -0.2) is 33.3 Å². The molecule has 1 unspecified atom stereocenters. The number of amidine groups is 1. The summed E-state index contributed by atoms with van der Waals surface area (Å²) in [6, 6.07) is 6.51. The third-order valence-corrected chi connectivity index (χ3v) is 4.63. The molecule has 3 rings (SSSR count). The fourth-order valence-electron chi connectivity index (χ4n) is 2.54. The zero-order valence-corrected chi connectivity index (χ0v) is 14.2. The van der Waals surface area contributed by atoms with Crippen LogP contribution in [0.3, 0.4) is 0 Å². The van der Waals surface area contributed by atoms with Crippen LogP contribution in [0.25, 0.3) is 10.9 Å². The minimum Gasteiger partial charge on any atom is -0.478 e. The van der Waals surface area contributed by atoms with Gasteiger partial charge in [0.1, 0.15) is 11.2 Å². The summed E-state index contributed by atoms with van der Waals surface area (Å²) in [5.74, 6) is -1.26. The molecule has 1 atom stereocenters. The molecule has 0 aliphatic carbocycles. The van der Waals surface area contributed by atoms with Gasteiger partial charge in [0.2, 0.25) is 0 Å². The van der Waals surface area contributed by atoms with E-state index in [0.29, 0.717) is 15.9 Å². The number of nitrogens with one attached hydrogen (secondary N) is 1. The molecule has 24 heavy (non-hydrogen) atoms. The summed E-state index contributed by atoms with van der Waals surface area (Å²) in [7, 11) is 0. The number of carbonyl (C=O) groups excluding carboxylic acids is 1. The molecule has 0 fully saturated rings. The number of aromatic carboxylic acids is 1. The number of halogens is 1. The Morgan fingerprint density at radius 3 is 2.62 bits per heavy atom. The van der Waals surface area contributed by atoms with Gasteiger partial charge in [0, 0.05) is 10.4 Å². The lowest BCUT2D eigenvalue weighted by Crippen LogP contribution is -2.41. The van der Waals surface area contributed by atoms with Crippen LogP contribution in [0.5, 0.6) is 0 Å². The third-order valence-electron chi connectivity index (χ3n) is 4.39. The van der Waals surface area contributed by atoms with Gasteiger partial charge in [0.05, 0.1) is 11.1 Å². The monoisotopic (exact) mass is 345 g/mol. The molecule has 0 bridgehead atoms. The van der Waals surface area contributed by atoms with Crippen LogP contribution in [0.1, 0.15) is 36.8 Å². The van der Waals surface area contributed by atoms with E-state index in [2.05, 4.69) is 15.3 Å². The van der Waals surface area contributed by atoms with Crippen LogP contribution in [-0.2, 0) is 4.79 Å². The minimum atomic E-state index is -1.14. The van der Waals surface area contributed by atoms with Gasteiger partial charge in [-0.3, -0.25) is 4.79 Å². The van der Waals surface area contributed by atoms with Crippen LogP contribution >= 0.6 is 11.6 Å². The summed E-state index contributed by atoms with van der Waals surface area (Å²) in [5.41, 5.74) is -0.247. The number of hydrogen-bond donors (Lipinski definition) is 2. The van der Waals surface area contributed by atoms with Crippen molar-refractivity contribution in [3.63, 3.8) is 0 Å². The highest BCUT2D eigenvalue weighted by Gasteiger charge is 2.43. The van der Waals surface area contributed by atoms with Crippen molar-refractivity contribution in [3.05, 3.63) is 40.5 Å². The van der Waals surface area contributed by atoms with Crippen molar-refractivity contribution < 1.29 is 14.7 Å². The van der Waals surface area contributed by atoms with Crippen LogP contribution in [0, 0.1) is 5.92 Å². The summed E-state index contributed by atoms with van der Waals surface area (Å²) in [6.07, 6.45) is 0. The van der Waals surface area contributed by atoms with E-state index in [1.165, 1.54) is 6.07 Å². The SMILES string of the molecule is CC(C)C1(C)N=C(c2nc3ccc(Cl)cc3cc2C(=O)O)NC1=O. The Labute approximate surface area is 143 Å². The van der Waals surface area contributed by atoms with E-state index in [9.17, 15) is 14.7 Å². The molecule has 2 heterocycles. The van der Waals surface area contributed by atoms with E-state index in [1.807, 2.05) is 13.8 Å². The van der Waals surface area contributed by atoms with Crippen LogP contribution in [0.15, 0.2) is 29.3 Å². The number of rotatable bonds is 3. The number of aliphatic imine (C=N–C) groups is 1. The smallest absolute Gasteiger partial charge is 0.338 e. The molecule has 1 aromatic carbocycles. The molecular weight excluding hydrogens is 330 g/mol. The molecule has 0 saturated heterocycles. The molecule has 6 nitrogen and oxygen atoms in total. The van der Waals surface area contributed by atoms with Gasteiger partial charge in [0.25, 0.3) is 5.91 Å². The first-order valence-electron chi connectivity index (χ1n) is 7.47. The standard InChI is InChI=1S/C17H16ClN3O3/c1-8(2)17(3)16(24)20-14(21-17)13-11(15(22)23)7-9-6-10(18)4-5-12(9)19-13/h4-8H,1-3H3,(H,22,23)(H,20,21,24). The third kappa shape index (κ3) is 2.53. The maximum absolute atomic E-state index is 12.3. The van der Waals surface area contributed by atoms with Crippen LogP contribution in [0.2, 0.25) is 5.02 Å². The van der Waals surface area contributed by atoms with E-state index in [0.717, 1.165) is 0 Å². The number of carbonyl (C=O) groups is 2. The fourth-order valence-corrected chi connectivity index (χ4v) is 2.72. The molecule has 2 N–H and O–H groups in total. The Balaban J connectivity index is 2.22. The predicted octanol–water partition coefficient (Wildman–Crippen LogP) is 2.88.